The van der Waals surface area contributed by atoms with Crippen molar-refractivity contribution in [2.24, 2.45) is 5.73 Å². The monoisotopic (exact) mass is 249 g/mol. The van der Waals surface area contributed by atoms with E-state index in [1.54, 1.807) is 0 Å². The Labute approximate surface area is 102 Å². The third-order valence-corrected chi connectivity index (χ3v) is 3.35. The number of thioether (sulfide) groups is 1. The van der Waals surface area contributed by atoms with Crippen LogP contribution in [0.1, 0.15) is 0 Å². The fourth-order valence-electron chi connectivity index (χ4n) is 1.34. The van der Waals surface area contributed by atoms with E-state index < -0.39 is 12.0 Å². The second-order valence-corrected chi connectivity index (χ2v) is 4.46. The normalized spacial score (nSPS) is 12.5. The molecule has 0 fully saturated rings. The lowest BCUT2D eigenvalue weighted by atomic mass is 10.2. The molecule has 1 heterocycles. The zero-order valence-electron chi connectivity index (χ0n) is 8.91. The maximum Gasteiger partial charge on any atom is 0.321 e. The summed E-state index contributed by atoms with van der Waals surface area (Å²) in [6.07, 6.45) is 1.47. The Morgan fingerprint density at radius 3 is 2.94 bits per heavy atom. The molecule has 1 aromatic carbocycles. The van der Waals surface area contributed by atoms with Crippen LogP contribution in [0.4, 0.5) is 0 Å². The molecule has 1 atom stereocenters. The van der Waals surface area contributed by atoms with Crippen LogP contribution in [0.3, 0.4) is 0 Å². The van der Waals surface area contributed by atoms with Crippen LogP contribution in [0.15, 0.2) is 35.6 Å². The number of para-hydroxylation sites is 1. The second kappa shape index (κ2) is 5.11. The average Bonchev–Trinajstić information content (AvgIpc) is 2.35. The lowest BCUT2D eigenvalue weighted by Crippen LogP contribution is -2.32. The molecule has 0 aliphatic carbocycles. The lowest BCUT2D eigenvalue weighted by molar-refractivity contribution is -0.137. The van der Waals surface area contributed by atoms with Gasteiger partial charge in [0.15, 0.2) is 0 Å². The lowest BCUT2D eigenvalue weighted by Gasteiger charge is -2.07. The number of benzene rings is 1. The highest BCUT2D eigenvalue weighted by atomic mass is 32.2. The molecule has 1 aromatic heterocycles. The van der Waals surface area contributed by atoms with Gasteiger partial charge in [-0.05, 0) is 6.07 Å². The maximum atomic E-state index is 10.6. The summed E-state index contributed by atoms with van der Waals surface area (Å²) in [5.74, 6) is -0.716. The van der Waals surface area contributed by atoms with E-state index in [0.29, 0.717) is 0 Å². The Morgan fingerprint density at radius 1 is 1.41 bits per heavy atom. The minimum atomic E-state index is -1.00. The number of nitrogens with two attached hydrogens (primary N) is 1. The van der Waals surface area contributed by atoms with Gasteiger partial charge in [-0.15, -0.1) is 11.8 Å². The standard InChI is InChI=1S/C11H11N3O2S/c12-8(11(15)16)5-17-10-7-3-1-2-4-9(7)13-6-14-10/h1-4,6,8H,5,12H2,(H,15,16)/t8-/m1/s1. The van der Waals surface area contributed by atoms with Crippen LogP contribution in [-0.4, -0.2) is 32.8 Å². The smallest absolute Gasteiger partial charge is 0.321 e. The van der Waals surface area contributed by atoms with E-state index in [1.165, 1.54) is 18.1 Å². The molecule has 0 unspecified atom stereocenters. The van der Waals surface area contributed by atoms with Crippen LogP contribution in [0.5, 0.6) is 0 Å². The van der Waals surface area contributed by atoms with Gasteiger partial charge in [-0.25, -0.2) is 9.97 Å². The third-order valence-electron chi connectivity index (χ3n) is 2.22. The van der Waals surface area contributed by atoms with Gasteiger partial charge >= 0.3 is 5.97 Å². The molecule has 2 aromatic rings. The summed E-state index contributed by atoms with van der Waals surface area (Å²) in [6.45, 7) is 0. The fraction of sp³-hybridized carbons (Fsp3) is 0.182. The molecule has 0 aliphatic heterocycles. The fourth-order valence-corrected chi connectivity index (χ4v) is 2.26. The Hall–Kier alpha value is -1.66. The van der Waals surface area contributed by atoms with Crippen LogP contribution < -0.4 is 5.73 Å². The van der Waals surface area contributed by atoms with Crippen molar-refractivity contribution in [2.45, 2.75) is 11.1 Å². The number of carboxylic acid groups (broad SMARTS) is 1. The van der Waals surface area contributed by atoms with Crippen LogP contribution >= 0.6 is 11.8 Å². The Morgan fingerprint density at radius 2 is 2.18 bits per heavy atom. The summed E-state index contributed by atoms with van der Waals surface area (Å²) >= 11 is 1.33. The first-order valence-electron chi connectivity index (χ1n) is 4.99. The van der Waals surface area contributed by atoms with Crippen LogP contribution in [-0.2, 0) is 4.79 Å². The number of rotatable bonds is 4. The van der Waals surface area contributed by atoms with Gasteiger partial charge in [0.1, 0.15) is 17.4 Å². The zero-order chi connectivity index (χ0) is 12.3. The van der Waals surface area contributed by atoms with Crippen LogP contribution in [0.25, 0.3) is 10.9 Å². The number of nitrogens with zero attached hydrogens (tertiary/aromatic N) is 2. The molecule has 88 valence electrons. The molecule has 6 heteroatoms. The minimum absolute atomic E-state index is 0.288. The molecule has 5 nitrogen and oxygen atoms in total. The maximum absolute atomic E-state index is 10.6. The van der Waals surface area contributed by atoms with Gasteiger partial charge in [-0.3, -0.25) is 4.79 Å². The summed E-state index contributed by atoms with van der Waals surface area (Å²) in [7, 11) is 0. The van der Waals surface area contributed by atoms with Crippen molar-refractivity contribution in [3.63, 3.8) is 0 Å². The summed E-state index contributed by atoms with van der Waals surface area (Å²) in [4.78, 5) is 18.9. The SMILES string of the molecule is N[C@H](CSc1ncnc2ccccc12)C(=O)O. The third kappa shape index (κ3) is 2.72. The van der Waals surface area contributed by atoms with Gasteiger partial charge in [0.2, 0.25) is 0 Å². The first-order chi connectivity index (χ1) is 8.18. The molecular weight excluding hydrogens is 238 g/mol. The van der Waals surface area contributed by atoms with Gasteiger partial charge < -0.3 is 10.8 Å². The molecule has 0 amide bonds. The van der Waals surface area contributed by atoms with E-state index in [9.17, 15) is 4.79 Å². The summed E-state index contributed by atoms with van der Waals surface area (Å²) in [6, 6.07) is 6.70. The van der Waals surface area contributed by atoms with Crippen molar-refractivity contribution < 1.29 is 9.90 Å². The number of hydrogen-bond donors (Lipinski definition) is 2. The Bertz CT molecular complexity index is 542. The molecule has 3 N–H and O–H groups in total. The average molecular weight is 249 g/mol. The molecule has 0 saturated carbocycles. The quantitative estimate of drug-likeness (QED) is 0.623. The molecule has 0 bridgehead atoms. The van der Waals surface area contributed by atoms with E-state index in [0.717, 1.165) is 15.9 Å². The zero-order valence-corrected chi connectivity index (χ0v) is 9.72. The van der Waals surface area contributed by atoms with Gasteiger partial charge in [-0.2, -0.15) is 0 Å². The highest BCUT2D eigenvalue weighted by molar-refractivity contribution is 7.99. The van der Waals surface area contributed by atoms with Crippen molar-refractivity contribution in [3.05, 3.63) is 30.6 Å². The number of carbonyl (C=O) groups is 1. The molecule has 0 radical (unpaired) electrons. The molecule has 0 spiro atoms. The predicted molar refractivity (Wildman–Crippen MR) is 65.9 cm³/mol. The number of aromatic nitrogens is 2. The van der Waals surface area contributed by atoms with Crippen molar-refractivity contribution in [1.82, 2.24) is 9.97 Å². The number of carboxylic acids is 1. The highest BCUT2D eigenvalue weighted by Crippen LogP contribution is 2.24. The molecule has 17 heavy (non-hydrogen) atoms. The van der Waals surface area contributed by atoms with E-state index in [1.807, 2.05) is 24.3 Å². The first-order valence-corrected chi connectivity index (χ1v) is 5.98. The van der Waals surface area contributed by atoms with Gasteiger partial charge in [-0.1, -0.05) is 18.2 Å². The van der Waals surface area contributed by atoms with Gasteiger partial charge in [0, 0.05) is 11.1 Å². The second-order valence-electron chi connectivity index (χ2n) is 3.45. The van der Waals surface area contributed by atoms with Crippen molar-refractivity contribution >= 4 is 28.6 Å². The summed E-state index contributed by atoms with van der Waals surface area (Å²) < 4.78 is 0. The Kier molecular flexibility index (Phi) is 3.55. The van der Waals surface area contributed by atoms with Crippen molar-refractivity contribution in [1.29, 1.82) is 0 Å². The van der Waals surface area contributed by atoms with Crippen molar-refractivity contribution in [3.8, 4) is 0 Å². The van der Waals surface area contributed by atoms with Crippen molar-refractivity contribution in [2.75, 3.05) is 5.75 Å². The first kappa shape index (κ1) is 11.8. The largest absolute Gasteiger partial charge is 0.480 e. The number of fused-ring (bicyclic) bond motifs is 1. The molecule has 2 rings (SSSR count). The number of hydrogen-bond acceptors (Lipinski definition) is 5. The summed E-state index contributed by atoms with van der Waals surface area (Å²) in [5.41, 5.74) is 6.29. The van der Waals surface area contributed by atoms with Gasteiger partial charge in [0.05, 0.1) is 5.52 Å². The van der Waals surface area contributed by atoms with Crippen LogP contribution in [0, 0.1) is 0 Å². The topological polar surface area (TPSA) is 89.1 Å². The molecular formula is C11H11N3O2S. The summed E-state index contributed by atoms with van der Waals surface area (Å²) in [5, 5.41) is 10.4. The number of aliphatic carboxylic acids is 1. The van der Waals surface area contributed by atoms with E-state index in [2.05, 4.69) is 9.97 Å². The van der Waals surface area contributed by atoms with Crippen LogP contribution in [0.2, 0.25) is 0 Å². The highest BCUT2D eigenvalue weighted by Gasteiger charge is 2.13. The molecule has 0 saturated heterocycles. The Balaban J connectivity index is 2.21. The van der Waals surface area contributed by atoms with E-state index in [4.69, 9.17) is 10.8 Å². The van der Waals surface area contributed by atoms with E-state index in [-0.39, 0.29) is 5.75 Å². The van der Waals surface area contributed by atoms with Gasteiger partial charge in [0.25, 0.3) is 0 Å². The molecule has 0 aliphatic rings. The minimum Gasteiger partial charge on any atom is -0.480 e. The predicted octanol–water partition coefficient (Wildman–Crippen LogP) is 1.13. The van der Waals surface area contributed by atoms with E-state index >= 15 is 0 Å².